The highest BCUT2D eigenvalue weighted by Crippen LogP contribution is 1.76. The number of nitrogens with zero attached hydrogens (tertiary/aromatic N) is 2. The topological polar surface area (TPSA) is 81.7 Å². The number of thiocyanates is 2. The molecule has 0 radical (unpaired) electrons. The Bertz CT molecular complexity index is 222. The van der Waals surface area contributed by atoms with Gasteiger partial charge in [0.25, 0.3) is 0 Å². The Morgan fingerprint density at radius 1 is 1.20 bits per heavy atom. The van der Waals surface area contributed by atoms with E-state index in [0.29, 0.717) is 0 Å². The van der Waals surface area contributed by atoms with Gasteiger partial charge in [-0.15, -0.1) is 0 Å². The number of sulfone groups is 1. The highest BCUT2D eigenvalue weighted by atomic mass is 32.2. The molecule has 0 unspecified atom stereocenters. The molecule has 0 aromatic carbocycles. The van der Waals surface area contributed by atoms with Gasteiger partial charge in [-0.2, -0.15) is 18.9 Å². The van der Waals surface area contributed by atoms with Gasteiger partial charge in [0.2, 0.25) is 10.8 Å². The Balaban J connectivity index is 0. The quantitative estimate of drug-likeness (QED) is 0.387. The second-order valence-electron chi connectivity index (χ2n) is 1.39. The Morgan fingerprint density at radius 2 is 1.40 bits per heavy atom. The molecule has 0 aliphatic heterocycles. The summed E-state index contributed by atoms with van der Waals surface area (Å²) < 4.78 is 19.3. The van der Waals surface area contributed by atoms with Crippen molar-refractivity contribution in [2.75, 3.05) is 0 Å². The van der Waals surface area contributed by atoms with Gasteiger partial charge in [0.1, 0.15) is 0 Å². The van der Waals surface area contributed by atoms with Crippen molar-refractivity contribution in [2.45, 2.75) is 20.3 Å². The Morgan fingerprint density at radius 3 is 1.40 bits per heavy atom. The van der Waals surface area contributed by atoms with Crippen molar-refractivity contribution >= 4 is 9.84 Å². The third kappa shape index (κ3) is 10.0. The molecule has 0 aromatic rings. The molecule has 0 bridgehead atoms. The molecule has 0 aromatic heterocycles. The smallest absolute Gasteiger partial charge is 0.197 e. The van der Waals surface area contributed by atoms with Crippen LogP contribution in [0.1, 0.15) is 20.3 Å². The van der Waals surface area contributed by atoms with Crippen molar-refractivity contribution in [3.63, 3.8) is 0 Å². The third-order valence-corrected chi connectivity index (χ3v) is 0.721. The molecule has 0 amide bonds. The number of hydrogen-bond donors (Lipinski definition) is 0. The lowest BCUT2D eigenvalue weighted by molar-refractivity contribution is 0.614. The monoisotopic (exact) mass is 160 g/mol. The molecule has 5 heteroatoms. The van der Waals surface area contributed by atoms with Crippen molar-refractivity contribution in [1.82, 2.24) is 0 Å². The normalized spacial score (nSPS) is 8.00. The largest absolute Gasteiger partial charge is 0.333 e. The van der Waals surface area contributed by atoms with Gasteiger partial charge in [0.05, 0.1) is 0 Å². The minimum Gasteiger partial charge on any atom is -0.197 e. The summed E-state index contributed by atoms with van der Waals surface area (Å²) in [5.41, 5.74) is 0. The first-order valence-electron chi connectivity index (χ1n) is 2.60. The maximum Gasteiger partial charge on any atom is 0.333 e. The van der Waals surface area contributed by atoms with Gasteiger partial charge in [0.15, 0.2) is 0 Å². The fraction of sp³-hybridized carbons (Fsp3) is 0.600. The zero-order chi connectivity index (χ0) is 8.62. The zero-order valence-corrected chi connectivity index (χ0v) is 6.64. The molecular formula is C5H8N2O2S. The van der Waals surface area contributed by atoms with Gasteiger partial charge in [-0.1, -0.05) is 20.3 Å². The van der Waals surface area contributed by atoms with E-state index in [0.717, 1.165) is 10.8 Å². The van der Waals surface area contributed by atoms with Gasteiger partial charge in [-0.05, 0) is 0 Å². The van der Waals surface area contributed by atoms with Crippen molar-refractivity contribution in [3.05, 3.63) is 0 Å². The molecule has 0 fully saturated rings. The first-order chi connectivity index (χ1) is 4.54. The molecule has 0 heterocycles. The van der Waals surface area contributed by atoms with Gasteiger partial charge >= 0.3 is 9.84 Å². The molecule has 0 aliphatic rings. The fourth-order valence-corrected chi connectivity index (χ4v) is 0.0612. The number of hydrogen-bond acceptors (Lipinski definition) is 4. The highest BCUT2D eigenvalue weighted by molar-refractivity contribution is 8.00. The van der Waals surface area contributed by atoms with Crippen LogP contribution in [0.4, 0.5) is 0 Å². The van der Waals surface area contributed by atoms with Gasteiger partial charge in [-0.25, -0.2) is 0 Å². The van der Waals surface area contributed by atoms with Crippen LogP contribution in [0.5, 0.6) is 0 Å². The molecule has 0 N–H and O–H groups in total. The molecule has 0 aliphatic carbocycles. The summed E-state index contributed by atoms with van der Waals surface area (Å²) in [4.78, 5) is 0. The van der Waals surface area contributed by atoms with Crippen LogP contribution in [0.2, 0.25) is 0 Å². The number of rotatable bonds is 0. The molecule has 0 saturated heterocycles. The summed E-state index contributed by atoms with van der Waals surface area (Å²) in [6, 6.07) is 0. The van der Waals surface area contributed by atoms with E-state index in [1.54, 1.807) is 0 Å². The second-order valence-corrected chi connectivity index (χ2v) is 2.77. The first-order valence-corrected chi connectivity index (χ1v) is 4.09. The Labute approximate surface area is 60.6 Å². The lowest BCUT2D eigenvalue weighted by atomic mass is 10.6. The van der Waals surface area contributed by atoms with Crippen LogP contribution in [0.15, 0.2) is 0 Å². The van der Waals surface area contributed by atoms with Crippen molar-refractivity contribution in [2.24, 2.45) is 0 Å². The fourth-order valence-electron chi connectivity index (χ4n) is 0.0204. The van der Waals surface area contributed by atoms with Crippen LogP contribution < -0.4 is 0 Å². The molecule has 0 rings (SSSR count). The molecule has 0 atom stereocenters. The number of nitriles is 2. The van der Waals surface area contributed by atoms with E-state index in [4.69, 9.17) is 10.5 Å². The van der Waals surface area contributed by atoms with Crippen LogP contribution in [-0.4, -0.2) is 8.42 Å². The second kappa shape index (κ2) is 6.06. The first kappa shape index (κ1) is 11.7. The van der Waals surface area contributed by atoms with E-state index < -0.39 is 9.84 Å². The van der Waals surface area contributed by atoms with Gasteiger partial charge in [0, 0.05) is 0 Å². The third-order valence-electron chi connectivity index (χ3n) is 0.240. The minimum absolute atomic E-state index is 0.802. The Hall–Kier alpha value is -1.07. The molecule has 56 valence electrons. The average molecular weight is 160 g/mol. The van der Waals surface area contributed by atoms with Crippen LogP contribution >= 0.6 is 0 Å². The summed E-state index contributed by atoms with van der Waals surface area (Å²) in [6.45, 7) is 4.25. The van der Waals surface area contributed by atoms with Crippen LogP contribution in [-0.2, 0) is 9.84 Å². The summed E-state index contributed by atoms with van der Waals surface area (Å²) >= 11 is 0. The van der Waals surface area contributed by atoms with Gasteiger partial charge < -0.3 is 0 Å². The van der Waals surface area contributed by atoms with E-state index >= 15 is 0 Å². The molecule has 10 heavy (non-hydrogen) atoms. The van der Waals surface area contributed by atoms with E-state index in [1.807, 2.05) is 0 Å². The maximum absolute atomic E-state index is 9.65. The van der Waals surface area contributed by atoms with Crippen molar-refractivity contribution in [3.8, 4) is 10.8 Å². The van der Waals surface area contributed by atoms with E-state index in [2.05, 4.69) is 13.8 Å². The summed E-state index contributed by atoms with van der Waals surface area (Å²) in [5, 5.41) is 16.7. The Kier molecular flexibility index (Phi) is 7.08. The van der Waals surface area contributed by atoms with Crippen LogP contribution in [0.25, 0.3) is 0 Å². The van der Waals surface area contributed by atoms with Gasteiger partial charge in [-0.3, -0.25) is 0 Å². The summed E-state index contributed by atoms with van der Waals surface area (Å²) in [5.74, 6) is 0. The van der Waals surface area contributed by atoms with Crippen molar-refractivity contribution < 1.29 is 8.42 Å². The summed E-state index contributed by atoms with van der Waals surface area (Å²) in [6.07, 6.45) is 1.25. The molecule has 4 nitrogen and oxygen atoms in total. The van der Waals surface area contributed by atoms with E-state index in [9.17, 15) is 8.42 Å². The summed E-state index contributed by atoms with van der Waals surface area (Å²) in [7, 11) is -4.05. The lowest BCUT2D eigenvalue weighted by Gasteiger charge is -1.62. The predicted molar refractivity (Wildman–Crippen MR) is 36.1 cm³/mol. The standard InChI is InChI=1S/C3H8.C2N2O2S/c1-3-2;3-1-7(5,6)2-4/h3H2,1-2H3;. The molecule has 0 saturated carbocycles. The molecular weight excluding hydrogens is 152 g/mol. The van der Waals surface area contributed by atoms with Crippen molar-refractivity contribution in [1.29, 1.82) is 10.5 Å². The minimum atomic E-state index is -4.05. The zero-order valence-electron chi connectivity index (χ0n) is 5.83. The maximum atomic E-state index is 9.65. The lowest BCUT2D eigenvalue weighted by Crippen LogP contribution is -1.85. The van der Waals surface area contributed by atoms with Crippen LogP contribution in [0.3, 0.4) is 0 Å². The van der Waals surface area contributed by atoms with Crippen LogP contribution in [0, 0.1) is 21.3 Å². The molecule has 0 spiro atoms. The van der Waals surface area contributed by atoms with E-state index in [1.165, 1.54) is 6.42 Å². The highest BCUT2D eigenvalue weighted by Gasteiger charge is 2.01. The SMILES string of the molecule is CCC.N#CS(=O)(=O)C#N. The predicted octanol–water partition coefficient (Wildman–Crippen LogP) is 0.780. The average Bonchev–Trinajstić information content (AvgIpc) is 1.90. The van der Waals surface area contributed by atoms with E-state index in [-0.39, 0.29) is 0 Å².